The Hall–Kier alpha value is -2.42. The van der Waals surface area contributed by atoms with Gasteiger partial charge in [-0.1, -0.05) is 36.4 Å². The van der Waals surface area contributed by atoms with Crippen molar-refractivity contribution < 1.29 is 9.59 Å². The molecular formula is C16H15NO2. The van der Waals surface area contributed by atoms with Gasteiger partial charge in [-0.25, -0.2) is 0 Å². The van der Waals surface area contributed by atoms with Crippen LogP contribution in [0.3, 0.4) is 0 Å². The number of rotatable bonds is 3. The summed E-state index contributed by atoms with van der Waals surface area (Å²) in [6, 6.07) is 13.5. The third-order valence-corrected chi connectivity index (χ3v) is 3.04. The highest BCUT2D eigenvalue weighted by Crippen LogP contribution is 2.32. The first-order valence-electron chi connectivity index (χ1n) is 6.05. The number of anilines is 1. The summed E-state index contributed by atoms with van der Waals surface area (Å²) >= 11 is 0. The molecule has 0 saturated heterocycles. The Morgan fingerprint density at radius 2 is 1.63 bits per heavy atom. The van der Waals surface area contributed by atoms with Crippen molar-refractivity contribution >= 4 is 17.9 Å². The molecule has 1 amide bonds. The van der Waals surface area contributed by atoms with E-state index in [1.54, 1.807) is 6.07 Å². The Kier molecular flexibility index (Phi) is 3.76. The summed E-state index contributed by atoms with van der Waals surface area (Å²) < 4.78 is 0. The molecule has 0 saturated carbocycles. The van der Waals surface area contributed by atoms with E-state index in [4.69, 9.17) is 0 Å². The molecule has 0 radical (unpaired) electrons. The van der Waals surface area contributed by atoms with Crippen LogP contribution in [0.15, 0.2) is 42.5 Å². The number of aldehydes is 1. The maximum Gasteiger partial charge on any atom is 0.288 e. The van der Waals surface area contributed by atoms with Crippen LogP contribution in [0.2, 0.25) is 0 Å². The molecule has 1 N–H and O–H groups in total. The Bertz CT molecular complexity index is 612. The van der Waals surface area contributed by atoms with Crippen LogP contribution in [0.4, 0.5) is 5.69 Å². The number of carbonyl (C=O) groups excluding carboxylic acids is 2. The van der Waals surface area contributed by atoms with Gasteiger partial charge in [0.2, 0.25) is 6.29 Å². The molecule has 0 heterocycles. The molecule has 0 atom stereocenters. The van der Waals surface area contributed by atoms with Gasteiger partial charge >= 0.3 is 0 Å². The number of carbonyl (C=O) groups is 2. The fraction of sp³-hybridized carbons (Fsp3) is 0.125. The third-order valence-electron chi connectivity index (χ3n) is 3.04. The van der Waals surface area contributed by atoms with E-state index < -0.39 is 5.91 Å². The summed E-state index contributed by atoms with van der Waals surface area (Å²) in [4.78, 5) is 21.7. The lowest BCUT2D eigenvalue weighted by atomic mass is 9.94. The lowest BCUT2D eigenvalue weighted by molar-refractivity contribution is -0.127. The lowest BCUT2D eigenvalue weighted by Crippen LogP contribution is -2.13. The molecule has 0 unspecified atom stereocenters. The maximum atomic E-state index is 11.3. The van der Waals surface area contributed by atoms with E-state index in [2.05, 4.69) is 5.32 Å². The zero-order valence-electron chi connectivity index (χ0n) is 10.9. The van der Waals surface area contributed by atoms with Crippen LogP contribution in [0, 0.1) is 13.8 Å². The van der Waals surface area contributed by atoms with Crippen molar-refractivity contribution in [3.8, 4) is 11.1 Å². The van der Waals surface area contributed by atoms with Crippen molar-refractivity contribution in [2.75, 3.05) is 5.32 Å². The highest BCUT2D eigenvalue weighted by atomic mass is 16.2. The Morgan fingerprint density at radius 3 is 2.26 bits per heavy atom. The number of amides is 1. The van der Waals surface area contributed by atoms with Gasteiger partial charge in [-0.3, -0.25) is 9.59 Å². The van der Waals surface area contributed by atoms with Gasteiger partial charge in [0.25, 0.3) is 5.91 Å². The quantitative estimate of drug-likeness (QED) is 0.675. The predicted molar refractivity (Wildman–Crippen MR) is 76.0 cm³/mol. The van der Waals surface area contributed by atoms with Gasteiger partial charge in [0, 0.05) is 11.3 Å². The average Bonchev–Trinajstić information content (AvgIpc) is 2.40. The smallest absolute Gasteiger partial charge is 0.288 e. The normalized spacial score (nSPS) is 10.0. The van der Waals surface area contributed by atoms with Crippen molar-refractivity contribution in [1.82, 2.24) is 0 Å². The minimum Gasteiger partial charge on any atom is -0.319 e. The van der Waals surface area contributed by atoms with Crippen LogP contribution in [0.25, 0.3) is 11.1 Å². The summed E-state index contributed by atoms with van der Waals surface area (Å²) in [5.41, 5.74) is 4.93. The highest BCUT2D eigenvalue weighted by Gasteiger charge is 2.11. The average molecular weight is 253 g/mol. The van der Waals surface area contributed by atoms with E-state index in [0.29, 0.717) is 5.69 Å². The van der Waals surface area contributed by atoms with Crippen LogP contribution in [0.5, 0.6) is 0 Å². The Morgan fingerprint density at radius 1 is 1.00 bits per heavy atom. The third kappa shape index (κ3) is 2.71. The first-order valence-corrected chi connectivity index (χ1v) is 6.05. The van der Waals surface area contributed by atoms with Crippen LogP contribution < -0.4 is 5.32 Å². The topological polar surface area (TPSA) is 46.2 Å². The highest BCUT2D eigenvalue weighted by molar-refractivity contribution is 6.30. The monoisotopic (exact) mass is 253 g/mol. The van der Waals surface area contributed by atoms with Crippen LogP contribution >= 0.6 is 0 Å². The number of hydrogen-bond acceptors (Lipinski definition) is 2. The number of aryl methyl sites for hydroxylation is 2. The zero-order valence-corrected chi connectivity index (χ0v) is 10.9. The SMILES string of the molecule is Cc1cccc(C)c1-c1ccccc1NC(=O)C=O. The second-order valence-corrected chi connectivity index (χ2v) is 4.42. The van der Waals surface area contributed by atoms with Gasteiger partial charge in [0.1, 0.15) is 0 Å². The first kappa shape index (κ1) is 13.0. The molecule has 0 aliphatic heterocycles. The molecule has 0 bridgehead atoms. The predicted octanol–water partition coefficient (Wildman–Crippen LogP) is 3.11. The summed E-state index contributed by atoms with van der Waals surface area (Å²) in [6.45, 7) is 4.06. The van der Waals surface area contributed by atoms with Crippen molar-refractivity contribution in [2.24, 2.45) is 0 Å². The summed E-state index contributed by atoms with van der Waals surface area (Å²) in [6.07, 6.45) is 0.279. The van der Waals surface area contributed by atoms with E-state index in [-0.39, 0.29) is 6.29 Å². The minimum atomic E-state index is -0.640. The van der Waals surface area contributed by atoms with Crippen LogP contribution in [-0.2, 0) is 9.59 Å². The number of nitrogens with one attached hydrogen (secondary N) is 1. The molecule has 0 aliphatic carbocycles. The summed E-state index contributed by atoms with van der Waals surface area (Å²) in [7, 11) is 0. The molecule has 3 heteroatoms. The fourth-order valence-corrected chi connectivity index (χ4v) is 2.21. The zero-order chi connectivity index (χ0) is 13.8. The molecule has 0 aromatic heterocycles. The molecule has 96 valence electrons. The minimum absolute atomic E-state index is 0.279. The van der Waals surface area contributed by atoms with Crippen molar-refractivity contribution in [3.63, 3.8) is 0 Å². The Balaban J connectivity index is 2.56. The van der Waals surface area contributed by atoms with Gasteiger partial charge in [0.05, 0.1) is 0 Å². The number of para-hydroxylation sites is 1. The van der Waals surface area contributed by atoms with Gasteiger partial charge < -0.3 is 5.32 Å². The van der Waals surface area contributed by atoms with Gasteiger partial charge in [-0.05, 0) is 36.6 Å². The molecule has 0 spiro atoms. The Labute approximate surface area is 112 Å². The summed E-state index contributed by atoms with van der Waals surface area (Å²) in [5, 5.41) is 2.61. The van der Waals surface area contributed by atoms with Gasteiger partial charge in [-0.2, -0.15) is 0 Å². The second-order valence-electron chi connectivity index (χ2n) is 4.42. The molecule has 0 fully saturated rings. The number of benzene rings is 2. The van der Waals surface area contributed by atoms with Crippen molar-refractivity contribution in [2.45, 2.75) is 13.8 Å². The first-order chi connectivity index (χ1) is 9.13. The molecule has 19 heavy (non-hydrogen) atoms. The molecule has 0 aliphatic rings. The van der Waals surface area contributed by atoms with E-state index in [1.165, 1.54) is 0 Å². The van der Waals surface area contributed by atoms with E-state index in [0.717, 1.165) is 22.3 Å². The fourth-order valence-electron chi connectivity index (χ4n) is 2.21. The molecular weight excluding hydrogens is 238 g/mol. The van der Waals surface area contributed by atoms with Crippen LogP contribution in [0.1, 0.15) is 11.1 Å². The van der Waals surface area contributed by atoms with E-state index >= 15 is 0 Å². The summed E-state index contributed by atoms with van der Waals surface area (Å²) in [5.74, 6) is -0.640. The maximum absolute atomic E-state index is 11.3. The lowest BCUT2D eigenvalue weighted by Gasteiger charge is -2.14. The molecule has 2 aromatic rings. The molecule has 3 nitrogen and oxygen atoms in total. The van der Waals surface area contributed by atoms with Gasteiger partial charge in [0.15, 0.2) is 0 Å². The number of hydrogen-bond donors (Lipinski definition) is 1. The van der Waals surface area contributed by atoms with E-state index in [9.17, 15) is 9.59 Å². The molecule has 2 aromatic carbocycles. The standard InChI is InChI=1S/C16H15NO2/c1-11-6-5-7-12(2)16(11)13-8-3-4-9-14(13)17-15(19)10-18/h3-10H,1-2H3,(H,17,19). The van der Waals surface area contributed by atoms with Crippen molar-refractivity contribution in [3.05, 3.63) is 53.6 Å². The largest absolute Gasteiger partial charge is 0.319 e. The van der Waals surface area contributed by atoms with E-state index in [1.807, 2.05) is 50.2 Å². The van der Waals surface area contributed by atoms with Crippen molar-refractivity contribution in [1.29, 1.82) is 0 Å². The molecule has 2 rings (SSSR count). The van der Waals surface area contributed by atoms with Crippen LogP contribution in [-0.4, -0.2) is 12.2 Å². The second kappa shape index (κ2) is 5.48. The van der Waals surface area contributed by atoms with Gasteiger partial charge in [-0.15, -0.1) is 0 Å².